The predicted molar refractivity (Wildman–Crippen MR) is 122 cm³/mol. The highest BCUT2D eigenvalue weighted by atomic mass is 16.8. The van der Waals surface area contributed by atoms with Crippen molar-refractivity contribution in [2.75, 3.05) is 19.8 Å². The van der Waals surface area contributed by atoms with Crippen LogP contribution in [0.5, 0.6) is 0 Å². The van der Waals surface area contributed by atoms with Gasteiger partial charge in [-0.1, -0.05) is 19.9 Å². The van der Waals surface area contributed by atoms with Crippen LogP contribution in [0.3, 0.4) is 0 Å². The first-order chi connectivity index (χ1) is 16.7. The minimum absolute atomic E-state index is 0.0810. The molecule has 0 bridgehead atoms. The molecule has 7 N–H and O–H groups in total. The summed E-state index contributed by atoms with van der Waals surface area (Å²) in [7, 11) is 0. The Balaban J connectivity index is 1.78. The number of aliphatic hydroxyl groups is 7. The second-order valence-electron chi connectivity index (χ2n) is 10.5. The van der Waals surface area contributed by atoms with Gasteiger partial charge in [0.05, 0.1) is 25.9 Å². The summed E-state index contributed by atoms with van der Waals surface area (Å²) >= 11 is 0. The molecule has 3 aliphatic rings. The molecule has 0 spiro atoms. The van der Waals surface area contributed by atoms with E-state index in [9.17, 15) is 40.5 Å². The second-order valence-corrected chi connectivity index (χ2v) is 10.5. The number of ketones is 1. The Labute approximate surface area is 209 Å². The zero-order valence-corrected chi connectivity index (χ0v) is 20.9. The molecule has 2 aliphatic heterocycles. The lowest BCUT2D eigenvalue weighted by Crippen LogP contribution is -2.62. The molecule has 12 heteroatoms. The molecule has 0 saturated carbocycles. The average Bonchev–Trinajstić information content (AvgIpc) is 3.09. The quantitative estimate of drug-likeness (QED) is 0.173. The monoisotopic (exact) mass is 518 g/mol. The maximum Gasteiger partial charge on any atom is 0.187 e. The summed E-state index contributed by atoms with van der Waals surface area (Å²) in [6.45, 7) is 4.96. The summed E-state index contributed by atoms with van der Waals surface area (Å²) in [6.07, 6.45) is -6.47. The van der Waals surface area contributed by atoms with Crippen molar-refractivity contribution >= 4 is 5.78 Å². The van der Waals surface area contributed by atoms with E-state index in [4.69, 9.17) is 18.9 Å². The maximum atomic E-state index is 12.0. The van der Waals surface area contributed by atoms with E-state index in [-0.39, 0.29) is 12.2 Å². The van der Waals surface area contributed by atoms with Crippen molar-refractivity contribution in [2.45, 2.75) is 94.5 Å². The molecule has 10 atom stereocenters. The van der Waals surface area contributed by atoms with Crippen molar-refractivity contribution in [3.8, 4) is 0 Å². The zero-order valence-electron chi connectivity index (χ0n) is 20.9. The van der Waals surface area contributed by atoms with Gasteiger partial charge in [-0.05, 0) is 31.6 Å². The van der Waals surface area contributed by atoms with Crippen molar-refractivity contribution in [2.24, 2.45) is 5.41 Å². The van der Waals surface area contributed by atoms with Crippen LogP contribution in [0.15, 0.2) is 23.8 Å². The SMILES string of the molecule is CC1=CC(=O)CC(C)(C)[C@@]1(O)/C=C\[C@@H](C)O[C@@H]1O[C@H](CO)[C@@H](O)[C@H](O)[C@H]1O[C@@H]1OC[C@](O)(CO)[C@H]1O. The van der Waals surface area contributed by atoms with Crippen molar-refractivity contribution in [1.29, 1.82) is 0 Å². The smallest absolute Gasteiger partial charge is 0.187 e. The summed E-state index contributed by atoms with van der Waals surface area (Å²) in [4.78, 5) is 12.0. The molecule has 12 nitrogen and oxygen atoms in total. The Morgan fingerprint density at radius 2 is 1.83 bits per heavy atom. The number of allylic oxidation sites excluding steroid dienone is 1. The van der Waals surface area contributed by atoms with Crippen LogP contribution in [0.2, 0.25) is 0 Å². The summed E-state index contributed by atoms with van der Waals surface area (Å²) in [5.41, 5.74) is -3.71. The molecule has 1 aliphatic carbocycles. The van der Waals surface area contributed by atoms with E-state index in [2.05, 4.69) is 0 Å². The van der Waals surface area contributed by atoms with E-state index >= 15 is 0 Å². The summed E-state index contributed by atoms with van der Waals surface area (Å²) in [6, 6.07) is 0. The van der Waals surface area contributed by atoms with Crippen LogP contribution >= 0.6 is 0 Å². The molecule has 0 aromatic rings. The number of carbonyl (C=O) groups is 1. The van der Waals surface area contributed by atoms with Crippen LogP contribution in [-0.2, 0) is 23.7 Å². The van der Waals surface area contributed by atoms with Crippen molar-refractivity contribution in [1.82, 2.24) is 0 Å². The molecular formula is C24H38O12. The number of rotatable bonds is 8. The van der Waals surface area contributed by atoms with Gasteiger partial charge in [0.25, 0.3) is 0 Å². The van der Waals surface area contributed by atoms with Gasteiger partial charge >= 0.3 is 0 Å². The van der Waals surface area contributed by atoms with Crippen LogP contribution in [0.4, 0.5) is 0 Å². The van der Waals surface area contributed by atoms with Gasteiger partial charge in [0.15, 0.2) is 18.4 Å². The molecule has 0 unspecified atom stereocenters. The van der Waals surface area contributed by atoms with Gasteiger partial charge in [-0.25, -0.2) is 0 Å². The third kappa shape index (κ3) is 5.45. The highest BCUT2D eigenvalue weighted by Crippen LogP contribution is 2.44. The van der Waals surface area contributed by atoms with Gasteiger partial charge in [-0.2, -0.15) is 0 Å². The van der Waals surface area contributed by atoms with Crippen LogP contribution in [-0.4, -0.2) is 122 Å². The molecule has 2 saturated heterocycles. The van der Waals surface area contributed by atoms with E-state index in [1.807, 2.05) is 0 Å². The topological polar surface area (TPSA) is 196 Å². The Morgan fingerprint density at radius 1 is 1.17 bits per heavy atom. The molecule has 0 aromatic carbocycles. The largest absolute Gasteiger partial charge is 0.394 e. The summed E-state index contributed by atoms with van der Waals surface area (Å²) < 4.78 is 22.3. The van der Waals surface area contributed by atoms with Crippen molar-refractivity contribution < 1.29 is 59.5 Å². The van der Waals surface area contributed by atoms with Crippen LogP contribution in [0, 0.1) is 5.41 Å². The van der Waals surface area contributed by atoms with Crippen molar-refractivity contribution in [3.05, 3.63) is 23.8 Å². The van der Waals surface area contributed by atoms with Gasteiger partial charge in [-0.15, -0.1) is 0 Å². The van der Waals surface area contributed by atoms with Crippen LogP contribution in [0.1, 0.15) is 34.1 Å². The Morgan fingerprint density at radius 3 is 2.39 bits per heavy atom. The predicted octanol–water partition coefficient (Wildman–Crippen LogP) is -2.11. The van der Waals surface area contributed by atoms with Crippen LogP contribution in [0.25, 0.3) is 0 Å². The van der Waals surface area contributed by atoms with Gasteiger partial charge < -0.3 is 54.7 Å². The lowest BCUT2D eigenvalue weighted by Gasteiger charge is -2.44. The molecule has 206 valence electrons. The number of aliphatic hydroxyl groups excluding tert-OH is 5. The van der Waals surface area contributed by atoms with Gasteiger partial charge in [0.1, 0.15) is 41.7 Å². The summed E-state index contributed by atoms with van der Waals surface area (Å²) in [5, 5.41) is 71.7. The normalized spacial score (nSPS) is 44.1. The van der Waals surface area contributed by atoms with Crippen molar-refractivity contribution in [3.63, 3.8) is 0 Å². The fourth-order valence-electron chi connectivity index (χ4n) is 4.77. The Hall–Kier alpha value is -1.29. The van der Waals surface area contributed by atoms with E-state index < -0.39 is 85.6 Å². The number of hydrogen-bond acceptors (Lipinski definition) is 12. The minimum Gasteiger partial charge on any atom is -0.394 e. The van der Waals surface area contributed by atoms with Gasteiger partial charge in [0.2, 0.25) is 0 Å². The first-order valence-electron chi connectivity index (χ1n) is 11.9. The number of hydrogen-bond donors (Lipinski definition) is 7. The third-order valence-electron chi connectivity index (χ3n) is 7.28. The van der Waals surface area contributed by atoms with E-state index in [0.29, 0.717) is 5.57 Å². The number of carbonyl (C=O) groups excluding carboxylic acids is 1. The number of ether oxygens (including phenoxy) is 4. The maximum absolute atomic E-state index is 12.0. The molecule has 0 radical (unpaired) electrons. The highest BCUT2D eigenvalue weighted by molar-refractivity contribution is 5.92. The molecule has 2 fully saturated rings. The fraction of sp³-hybridized carbons (Fsp3) is 0.792. The van der Waals surface area contributed by atoms with Gasteiger partial charge in [0, 0.05) is 11.8 Å². The summed E-state index contributed by atoms with van der Waals surface area (Å²) in [5.74, 6) is -0.0810. The first kappa shape index (κ1) is 29.3. The van der Waals surface area contributed by atoms with Gasteiger partial charge in [-0.3, -0.25) is 4.79 Å². The second kappa shape index (κ2) is 10.8. The van der Waals surface area contributed by atoms with E-state index in [0.717, 1.165) is 0 Å². The molecule has 3 rings (SSSR count). The zero-order chi connectivity index (χ0) is 27.1. The highest BCUT2D eigenvalue weighted by Gasteiger charge is 2.53. The fourth-order valence-corrected chi connectivity index (χ4v) is 4.77. The minimum atomic E-state index is -1.97. The molecule has 2 heterocycles. The first-order valence-corrected chi connectivity index (χ1v) is 11.9. The molecule has 0 amide bonds. The Bertz CT molecular complexity index is 858. The molecule has 0 aromatic heterocycles. The third-order valence-corrected chi connectivity index (χ3v) is 7.28. The standard InChI is InChI=1S/C24H38O12/c1-12-7-14(27)8-22(3,4)24(12,32)6-5-13(2)34-20-18(17(29)16(28)15(9-25)35-20)36-21-19(30)23(31,10-26)11-33-21/h5-7,13,15-21,25-26,28-32H,8-11H2,1-4H3/b6-5-/t13-,15-,16-,17+,18-,19+,20-,21+,23-,24-/m1/s1. The lowest BCUT2D eigenvalue weighted by molar-refractivity contribution is -0.339. The molecular weight excluding hydrogens is 480 g/mol. The van der Waals surface area contributed by atoms with E-state index in [1.54, 1.807) is 33.8 Å². The van der Waals surface area contributed by atoms with E-state index in [1.165, 1.54) is 12.2 Å². The van der Waals surface area contributed by atoms with Crippen LogP contribution < -0.4 is 0 Å². The average molecular weight is 519 g/mol. The lowest BCUT2D eigenvalue weighted by atomic mass is 9.64. The molecule has 36 heavy (non-hydrogen) atoms. The Kier molecular flexibility index (Phi) is 8.80.